The molecule has 3 N–H and O–H groups in total. The fourth-order valence-corrected chi connectivity index (χ4v) is 2.82. The van der Waals surface area contributed by atoms with Gasteiger partial charge in [0.15, 0.2) is 0 Å². The van der Waals surface area contributed by atoms with Crippen molar-refractivity contribution in [3.8, 4) is 0 Å². The molecule has 1 aliphatic carbocycles. The summed E-state index contributed by atoms with van der Waals surface area (Å²) in [6.07, 6.45) is 4.17. The fourth-order valence-electron chi connectivity index (χ4n) is 2.65. The third-order valence-electron chi connectivity index (χ3n) is 3.87. The Morgan fingerprint density at radius 3 is 2.63 bits per heavy atom. The molecule has 0 aromatic heterocycles. The maximum Gasteiger partial charge on any atom is 0.337 e. The highest BCUT2D eigenvalue weighted by Crippen LogP contribution is 2.38. The van der Waals surface area contributed by atoms with Crippen LogP contribution in [0.3, 0.4) is 0 Å². The molecular formula is C14H18ClNO3. The number of carbonyl (C=O) groups is 1. The summed E-state index contributed by atoms with van der Waals surface area (Å²) in [7, 11) is 0. The summed E-state index contributed by atoms with van der Waals surface area (Å²) in [5.41, 5.74) is 0.591. The highest BCUT2D eigenvalue weighted by molar-refractivity contribution is 6.31. The summed E-state index contributed by atoms with van der Waals surface area (Å²) < 4.78 is 0. The maximum absolute atomic E-state index is 11.1. The molecule has 0 bridgehead atoms. The Morgan fingerprint density at radius 2 is 2.05 bits per heavy atom. The van der Waals surface area contributed by atoms with Crippen LogP contribution < -0.4 is 5.32 Å². The van der Waals surface area contributed by atoms with Crippen LogP contribution >= 0.6 is 11.6 Å². The Balaban J connectivity index is 2.14. The molecule has 1 aromatic rings. The van der Waals surface area contributed by atoms with Crippen LogP contribution in [-0.2, 0) is 0 Å². The van der Waals surface area contributed by atoms with Crippen LogP contribution in [0.2, 0.25) is 5.02 Å². The Morgan fingerprint density at radius 1 is 1.37 bits per heavy atom. The molecule has 5 heteroatoms. The number of hydrogen-bond donors (Lipinski definition) is 3. The fraction of sp³-hybridized carbons (Fsp3) is 0.500. The van der Waals surface area contributed by atoms with Crippen molar-refractivity contribution in [2.75, 3.05) is 18.5 Å². The van der Waals surface area contributed by atoms with E-state index in [0.29, 0.717) is 17.3 Å². The van der Waals surface area contributed by atoms with Gasteiger partial charge in [-0.3, -0.25) is 0 Å². The van der Waals surface area contributed by atoms with Crippen LogP contribution in [0.25, 0.3) is 0 Å². The number of carboxylic acids is 1. The zero-order chi connectivity index (χ0) is 13.9. The average Bonchev–Trinajstić information content (AvgIpc) is 2.85. The Kier molecular flexibility index (Phi) is 4.32. The first kappa shape index (κ1) is 14.2. The summed E-state index contributed by atoms with van der Waals surface area (Å²) >= 11 is 5.90. The molecule has 0 aliphatic heterocycles. The lowest BCUT2D eigenvalue weighted by molar-refractivity contribution is 0.0698. The van der Waals surface area contributed by atoms with E-state index < -0.39 is 5.97 Å². The van der Waals surface area contributed by atoms with Crippen molar-refractivity contribution < 1.29 is 15.0 Å². The molecular weight excluding hydrogens is 266 g/mol. The number of hydrogen-bond acceptors (Lipinski definition) is 3. The van der Waals surface area contributed by atoms with Crippen LogP contribution in [-0.4, -0.2) is 29.3 Å². The van der Waals surface area contributed by atoms with Crippen LogP contribution in [0.15, 0.2) is 18.2 Å². The Bertz CT molecular complexity index is 470. The van der Waals surface area contributed by atoms with E-state index in [4.69, 9.17) is 16.7 Å². The van der Waals surface area contributed by atoms with E-state index in [0.717, 1.165) is 25.7 Å². The molecule has 0 saturated heterocycles. The zero-order valence-corrected chi connectivity index (χ0v) is 11.4. The van der Waals surface area contributed by atoms with Gasteiger partial charge in [-0.25, -0.2) is 4.79 Å². The lowest BCUT2D eigenvalue weighted by Gasteiger charge is -2.27. The number of carboxylic acid groups (broad SMARTS) is 1. The van der Waals surface area contributed by atoms with Crippen LogP contribution in [0.1, 0.15) is 36.0 Å². The zero-order valence-electron chi connectivity index (χ0n) is 10.7. The molecule has 19 heavy (non-hydrogen) atoms. The lowest BCUT2D eigenvalue weighted by Crippen LogP contribution is -2.31. The van der Waals surface area contributed by atoms with Gasteiger partial charge in [0, 0.05) is 17.0 Å². The van der Waals surface area contributed by atoms with E-state index in [1.807, 2.05) is 0 Å². The van der Waals surface area contributed by atoms with Crippen molar-refractivity contribution in [1.82, 2.24) is 0 Å². The number of rotatable bonds is 5. The Labute approximate surface area is 117 Å². The first-order chi connectivity index (χ1) is 9.06. The van der Waals surface area contributed by atoms with Gasteiger partial charge >= 0.3 is 5.97 Å². The monoisotopic (exact) mass is 283 g/mol. The van der Waals surface area contributed by atoms with Gasteiger partial charge in [0.05, 0.1) is 17.9 Å². The number of nitrogens with one attached hydrogen (secondary N) is 1. The van der Waals surface area contributed by atoms with Gasteiger partial charge in [0.25, 0.3) is 0 Å². The van der Waals surface area contributed by atoms with Gasteiger partial charge in [-0.05, 0) is 31.0 Å². The largest absolute Gasteiger partial charge is 0.478 e. The molecule has 0 heterocycles. The first-order valence-electron chi connectivity index (χ1n) is 6.44. The summed E-state index contributed by atoms with van der Waals surface area (Å²) in [6, 6.07) is 4.67. The molecule has 0 radical (unpaired) electrons. The second kappa shape index (κ2) is 5.80. The second-order valence-corrected chi connectivity index (χ2v) is 5.65. The average molecular weight is 284 g/mol. The van der Waals surface area contributed by atoms with Crippen molar-refractivity contribution in [3.63, 3.8) is 0 Å². The van der Waals surface area contributed by atoms with E-state index in [9.17, 15) is 9.90 Å². The van der Waals surface area contributed by atoms with Gasteiger partial charge in [-0.1, -0.05) is 24.4 Å². The van der Waals surface area contributed by atoms with E-state index in [1.165, 1.54) is 6.07 Å². The molecule has 1 fully saturated rings. The quantitative estimate of drug-likeness (QED) is 0.777. The topological polar surface area (TPSA) is 69.6 Å². The molecule has 0 spiro atoms. The van der Waals surface area contributed by atoms with E-state index in [2.05, 4.69) is 5.32 Å². The normalized spacial score (nSPS) is 17.4. The van der Waals surface area contributed by atoms with Crippen LogP contribution in [0.4, 0.5) is 5.69 Å². The van der Waals surface area contributed by atoms with Gasteiger partial charge in [0.1, 0.15) is 0 Å². The number of benzene rings is 1. The molecule has 1 aromatic carbocycles. The third-order valence-corrected chi connectivity index (χ3v) is 4.10. The minimum atomic E-state index is -0.983. The molecule has 0 unspecified atom stereocenters. The van der Waals surface area contributed by atoms with E-state index in [1.54, 1.807) is 12.1 Å². The molecule has 4 nitrogen and oxygen atoms in total. The minimum Gasteiger partial charge on any atom is -0.478 e. The van der Waals surface area contributed by atoms with E-state index >= 15 is 0 Å². The minimum absolute atomic E-state index is 0.127. The first-order valence-corrected chi connectivity index (χ1v) is 6.82. The third kappa shape index (κ3) is 3.19. The highest BCUT2D eigenvalue weighted by Gasteiger charge is 2.33. The molecule has 104 valence electrons. The maximum atomic E-state index is 11.1. The molecule has 1 aliphatic rings. The summed E-state index contributed by atoms with van der Waals surface area (Å²) in [5.74, 6) is -0.983. The van der Waals surface area contributed by atoms with E-state index in [-0.39, 0.29) is 17.6 Å². The SMILES string of the molecule is O=C(O)c1ccc(Cl)cc1NCC1(CO)CCCC1. The van der Waals surface area contributed by atoms with Gasteiger partial charge in [-0.15, -0.1) is 0 Å². The summed E-state index contributed by atoms with van der Waals surface area (Å²) in [5, 5.41) is 22.3. The molecule has 0 amide bonds. The highest BCUT2D eigenvalue weighted by atomic mass is 35.5. The molecule has 2 rings (SSSR count). The number of aliphatic hydroxyl groups is 1. The summed E-state index contributed by atoms with van der Waals surface area (Å²) in [6.45, 7) is 0.701. The van der Waals surface area contributed by atoms with Gasteiger partial charge in [0.2, 0.25) is 0 Å². The smallest absolute Gasteiger partial charge is 0.337 e. The number of aromatic carboxylic acids is 1. The van der Waals surface area contributed by atoms with Crippen molar-refractivity contribution in [1.29, 1.82) is 0 Å². The number of anilines is 1. The standard InChI is InChI=1S/C14H18ClNO3/c15-10-3-4-11(13(18)19)12(7-10)16-8-14(9-17)5-1-2-6-14/h3-4,7,16-17H,1-2,5-6,8-9H2,(H,18,19). The van der Waals surface area contributed by atoms with Crippen LogP contribution in [0.5, 0.6) is 0 Å². The number of halogens is 1. The van der Waals surface area contributed by atoms with Crippen LogP contribution in [0, 0.1) is 5.41 Å². The Hall–Kier alpha value is -1.26. The molecule has 1 saturated carbocycles. The summed E-state index contributed by atoms with van der Waals surface area (Å²) in [4.78, 5) is 11.1. The predicted molar refractivity (Wildman–Crippen MR) is 74.9 cm³/mol. The van der Waals surface area contributed by atoms with Crippen molar-refractivity contribution in [3.05, 3.63) is 28.8 Å². The second-order valence-electron chi connectivity index (χ2n) is 5.21. The lowest BCUT2D eigenvalue weighted by atomic mass is 9.87. The van der Waals surface area contributed by atoms with Gasteiger partial charge < -0.3 is 15.5 Å². The molecule has 0 atom stereocenters. The van der Waals surface area contributed by atoms with Gasteiger partial charge in [-0.2, -0.15) is 0 Å². The van der Waals surface area contributed by atoms with Crippen molar-refractivity contribution >= 4 is 23.3 Å². The predicted octanol–water partition coefficient (Wildman–Crippen LogP) is 3.00. The van der Waals surface area contributed by atoms with Crippen molar-refractivity contribution in [2.45, 2.75) is 25.7 Å². The van der Waals surface area contributed by atoms with Crippen molar-refractivity contribution in [2.24, 2.45) is 5.41 Å². The number of aliphatic hydroxyl groups excluding tert-OH is 1.